The van der Waals surface area contributed by atoms with Gasteiger partial charge in [0.05, 0.1) is 30.4 Å². The maximum atomic E-state index is 14.6. The predicted octanol–water partition coefficient (Wildman–Crippen LogP) is 4.12. The maximum absolute atomic E-state index is 14.6. The zero-order valence-corrected chi connectivity index (χ0v) is 18.8. The summed E-state index contributed by atoms with van der Waals surface area (Å²) >= 11 is 0. The molecule has 0 amide bonds. The van der Waals surface area contributed by atoms with Crippen LogP contribution in [0.3, 0.4) is 0 Å². The van der Waals surface area contributed by atoms with Crippen molar-refractivity contribution in [2.45, 2.75) is 38.0 Å². The molecular formula is C26H25F2NO5. The van der Waals surface area contributed by atoms with Crippen molar-refractivity contribution in [3.63, 3.8) is 0 Å². The van der Waals surface area contributed by atoms with Crippen LogP contribution in [0.2, 0.25) is 0 Å². The third kappa shape index (κ3) is 4.21. The van der Waals surface area contributed by atoms with Crippen LogP contribution < -0.4 is 5.32 Å². The predicted molar refractivity (Wildman–Crippen MR) is 121 cm³/mol. The molecule has 2 aromatic rings. The molecule has 0 fully saturated rings. The average molecular weight is 469 g/mol. The van der Waals surface area contributed by atoms with E-state index in [4.69, 9.17) is 14.2 Å². The highest BCUT2D eigenvalue weighted by atomic mass is 19.1. The van der Waals surface area contributed by atoms with Gasteiger partial charge in [-0.2, -0.15) is 0 Å². The number of rotatable bonds is 9. The first-order valence-corrected chi connectivity index (χ1v) is 11.1. The standard InChI is InChI=1S/C26H25F2NO5/c1-3-32-24(30)21-19-13-14-26(34-19,22(21)25(31)33-4-2)20(15-16-9-6-5-7-10-16)29-23-17(27)11-8-12-18(23)28/h5-14,19-20,29H,3-4,15H2,1-2H3. The van der Waals surface area contributed by atoms with Crippen molar-refractivity contribution in [3.8, 4) is 0 Å². The number of ether oxygens (including phenoxy) is 3. The number of fused-ring (bicyclic) bond motifs is 2. The van der Waals surface area contributed by atoms with E-state index in [0.29, 0.717) is 0 Å². The summed E-state index contributed by atoms with van der Waals surface area (Å²) in [5.41, 5.74) is -1.02. The number of carbonyl (C=O) groups excluding carboxylic acids is 2. The number of para-hydroxylation sites is 1. The minimum atomic E-state index is -1.51. The summed E-state index contributed by atoms with van der Waals surface area (Å²) in [4.78, 5) is 25.9. The van der Waals surface area contributed by atoms with Crippen molar-refractivity contribution in [1.82, 2.24) is 0 Å². The molecule has 2 aromatic carbocycles. The second kappa shape index (κ2) is 9.77. The smallest absolute Gasteiger partial charge is 0.338 e. The molecule has 2 aliphatic rings. The molecule has 0 aromatic heterocycles. The molecule has 2 aliphatic heterocycles. The molecule has 8 heteroatoms. The third-order valence-electron chi connectivity index (χ3n) is 5.84. The fourth-order valence-corrected chi connectivity index (χ4v) is 4.41. The van der Waals surface area contributed by atoms with Crippen LogP contribution in [0.15, 0.2) is 71.8 Å². The van der Waals surface area contributed by atoms with E-state index in [1.165, 1.54) is 6.07 Å². The Balaban J connectivity index is 1.85. The Morgan fingerprint density at radius 3 is 2.29 bits per heavy atom. The van der Waals surface area contributed by atoms with Crippen LogP contribution >= 0.6 is 0 Å². The number of anilines is 1. The lowest BCUT2D eigenvalue weighted by Crippen LogP contribution is -2.50. The molecule has 3 unspecified atom stereocenters. The molecule has 0 saturated heterocycles. The molecule has 1 N–H and O–H groups in total. The molecule has 2 bridgehead atoms. The van der Waals surface area contributed by atoms with Crippen molar-refractivity contribution in [1.29, 1.82) is 0 Å². The Bertz CT molecular complexity index is 1130. The summed E-state index contributed by atoms with van der Waals surface area (Å²) < 4.78 is 45.9. The number of carbonyl (C=O) groups is 2. The summed E-state index contributed by atoms with van der Waals surface area (Å²) in [7, 11) is 0. The highest BCUT2D eigenvalue weighted by molar-refractivity contribution is 6.05. The maximum Gasteiger partial charge on any atom is 0.338 e. The Kier molecular flexibility index (Phi) is 6.79. The first-order chi connectivity index (χ1) is 16.4. The second-order valence-electron chi connectivity index (χ2n) is 7.90. The van der Waals surface area contributed by atoms with Crippen molar-refractivity contribution in [2.75, 3.05) is 18.5 Å². The van der Waals surface area contributed by atoms with Crippen LogP contribution in [-0.2, 0) is 30.2 Å². The first kappa shape index (κ1) is 23.6. The fourth-order valence-electron chi connectivity index (χ4n) is 4.41. The van der Waals surface area contributed by atoms with Crippen molar-refractivity contribution in [2.24, 2.45) is 0 Å². The van der Waals surface area contributed by atoms with Gasteiger partial charge in [-0.15, -0.1) is 0 Å². The van der Waals surface area contributed by atoms with Crippen molar-refractivity contribution in [3.05, 3.63) is 89.0 Å². The number of hydrogen-bond donors (Lipinski definition) is 1. The van der Waals surface area contributed by atoms with Crippen LogP contribution in [0.4, 0.5) is 14.5 Å². The molecule has 0 saturated carbocycles. The summed E-state index contributed by atoms with van der Waals surface area (Å²) in [6.07, 6.45) is 2.67. The Morgan fingerprint density at radius 2 is 1.65 bits per heavy atom. The van der Waals surface area contributed by atoms with E-state index in [1.54, 1.807) is 26.0 Å². The minimum absolute atomic E-state index is 0.0227. The highest BCUT2D eigenvalue weighted by Gasteiger charge is 2.58. The van der Waals surface area contributed by atoms with Gasteiger partial charge >= 0.3 is 11.9 Å². The summed E-state index contributed by atoms with van der Waals surface area (Å²) in [6, 6.07) is 11.9. The molecule has 3 atom stereocenters. The Hall–Kier alpha value is -3.52. The Labute approximate surface area is 196 Å². The van der Waals surface area contributed by atoms with E-state index < -0.39 is 41.3 Å². The molecule has 0 spiro atoms. The lowest BCUT2D eigenvalue weighted by molar-refractivity contribution is -0.142. The van der Waals surface area contributed by atoms with Gasteiger partial charge in [0.2, 0.25) is 0 Å². The normalized spacial score (nSPS) is 21.5. The van der Waals surface area contributed by atoms with E-state index in [1.807, 2.05) is 30.3 Å². The number of hydrogen-bond acceptors (Lipinski definition) is 6. The molecular weight excluding hydrogens is 444 g/mol. The van der Waals surface area contributed by atoms with Crippen LogP contribution in [0.1, 0.15) is 19.4 Å². The second-order valence-corrected chi connectivity index (χ2v) is 7.90. The van der Waals surface area contributed by atoms with Crippen LogP contribution in [0, 0.1) is 11.6 Å². The number of nitrogens with one attached hydrogen (secondary N) is 1. The average Bonchev–Trinajstić information content (AvgIpc) is 3.40. The van der Waals surface area contributed by atoms with Crippen LogP contribution in [0.5, 0.6) is 0 Å². The molecule has 4 rings (SSSR count). The van der Waals surface area contributed by atoms with Gasteiger partial charge in [-0.3, -0.25) is 0 Å². The fraction of sp³-hybridized carbons (Fsp3) is 0.308. The third-order valence-corrected chi connectivity index (χ3v) is 5.84. The number of esters is 2. The van der Waals surface area contributed by atoms with Gasteiger partial charge in [0.15, 0.2) is 0 Å². The molecule has 2 heterocycles. The lowest BCUT2D eigenvalue weighted by Gasteiger charge is -2.36. The van der Waals surface area contributed by atoms with Gasteiger partial charge in [-0.25, -0.2) is 18.4 Å². The van der Waals surface area contributed by atoms with Gasteiger partial charge in [0.1, 0.15) is 29.0 Å². The summed E-state index contributed by atoms with van der Waals surface area (Å²) in [6.45, 7) is 3.48. The number of benzene rings is 2. The van der Waals surface area contributed by atoms with E-state index in [-0.39, 0.29) is 36.5 Å². The SMILES string of the molecule is CCOC(=O)C1=C(C(=O)OCC)C2(C(Cc3ccccc3)Nc3c(F)cccc3F)C=CC1O2. The summed E-state index contributed by atoms with van der Waals surface area (Å²) in [5, 5.41) is 2.92. The van der Waals surface area contributed by atoms with Crippen LogP contribution in [0.25, 0.3) is 0 Å². The van der Waals surface area contributed by atoms with E-state index in [0.717, 1.165) is 17.7 Å². The monoisotopic (exact) mass is 469 g/mol. The number of halogens is 2. The molecule has 34 heavy (non-hydrogen) atoms. The van der Waals surface area contributed by atoms with Crippen LogP contribution in [-0.4, -0.2) is 42.9 Å². The molecule has 178 valence electrons. The van der Waals surface area contributed by atoms with E-state index in [2.05, 4.69) is 5.32 Å². The van der Waals surface area contributed by atoms with Crippen molar-refractivity contribution >= 4 is 17.6 Å². The topological polar surface area (TPSA) is 73.9 Å². The molecule has 6 nitrogen and oxygen atoms in total. The molecule has 0 aliphatic carbocycles. The Morgan fingerprint density at radius 1 is 1.00 bits per heavy atom. The van der Waals surface area contributed by atoms with Gasteiger partial charge in [-0.05, 0) is 44.0 Å². The largest absolute Gasteiger partial charge is 0.463 e. The minimum Gasteiger partial charge on any atom is -0.463 e. The lowest BCUT2D eigenvalue weighted by atomic mass is 9.79. The van der Waals surface area contributed by atoms with E-state index >= 15 is 0 Å². The zero-order chi connectivity index (χ0) is 24.3. The zero-order valence-electron chi connectivity index (χ0n) is 18.8. The summed E-state index contributed by atoms with van der Waals surface area (Å²) in [5.74, 6) is -3.03. The van der Waals surface area contributed by atoms with Gasteiger partial charge in [0.25, 0.3) is 0 Å². The van der Waals surface area contributed by atoms with Gasteiger partial charge < -0.3 is 19.5 Å². The van der Waals surface area contributed by atoms with Crippen molar-refractivity contribution < 1.29 is 32.6 Å². The van der Waals surface area contributed by atoms with Gasteiger partial charge in [0, 0.05) is 0 Å². The quantitative estimate of drug-likeness (QED) is 0.440. The highest BCUT2D eigenvalue weighted by Crippen LogP contribution is 2.48. The van der Waals surface area contributed by atoms with E-state index in [9.17, 15) is 18.4 Å². The molecule has 0 radical (unpaired) electrons. The first-order valence-electron chi connectivity index (χ1n) is 11.1. The van der Waals surface area contributed by atoms with Gasteiger partial charge in [-0.1, -0.05) is 42.5 Å².